The monoisotopic (exact) mass is 482 g/mol. The average molecular weight is 483 g/mol. The summed E-state index contributed by atoms with van der Waals surface area (Å²) < 4.78 is 11.9. The Kier molecular flexibility index (Phi) is 6.54. The molecule has 2 fully saturated rings. The van der Waals surface area contributed by atoms with E-state index in [0.717, 1.165) is 24.1 Å². The minimum absolute atomic E-state index is 0.0486. The number of ether oxygens (including phenoxy) is 2. The molecule has 0 saturated carbocycles. The smallest absolute Gasteiger partial charge is 0.258 e. The number of piperidine rings is 1. The van der Waals surface area contributed by atoms with Gasteiger partial charge in [0, 0.05) is 36.3 Å². The molecule has 3 aliphatic heterocycles. The third kappa shape index (κ3) is 4.53. The van der Waals surface area contributed by atoms with E-state index in [2.05, 4.69) is 11.9 Å². The Morgan fingerprint density at radius 3 is 2.59 bits per heavy atom. The van der Waals surface area contributed by atoms with Crippen molar-refractivity contribution in [3.05, 3.63) is 52.5 Å². The van der Waals surface area contributed by atoms with E-state index in [1.807, 2.05) is 31.2 Å². The molecule has 7 heteroatoms. The zero-order chi connectivity index (χ0) is 23.8. The van der Waals surface area contributed by atoms with Gasteiger partial charge in [-0.25, -0.2) is 0 Å². The third-order valence-electron chi connectivity index (χ3n) is 7.53. The summed E-state index contributed by atoms with van der Waals surface area (Å²) in [5.74, 6) is 1.29. The number of halogens is 1. The van der Waals surface area contributed by atoms with E-state index in [1.165, 1.54) is 12.8 Å². The molecule has 1 amide bonds. The Labute approximate surface area is 205 Å². The van der Waals surface area contributed by atoms with E-state index in [1.54, 1.807) is 17.0 Å². The van der Waals surface area contributed by atoms with Gasteiger partial charge in [-0.3, -0.25) is 9.59 Å². The van der Waals surface area contributed by atoms with E-state index in [4.69, 9.17) is 21.1 Å². The highest BCUT2D eigenvalue weighted by molar-refractivity contribution is 6.32. The van der Waals surface area contributed by atoms with Crippen molar-refractivity contribution < 1.29 is 19.1 Å². The van der Waals surface area contributed by atoms with Crippen LogP contribution in [0.3, 0.4) is 0 Å². The van der Waals surface area contributed by atoms with Gasteiger partial charge in [0.25, 0.3) is 5.91 Å². The van der Waals surface area contributed by atoms with Crippen LogP contribution in [0.4, 0.5) is 5.69 Å². The number of anilines is 1. The molecule has 5 rings (SSSR count). The first-order chi connectivity index (χ1) is 16.4. The van der Waals surface area contributed by atoms with E-state index in [-0.39, 0.29) is 24.4 Å². The second-order valence-corrected chi connectivity index (χ2v) is 9.99. The van der Waals surface area contributed by atoms with Crippen LogP contribution < -0.4 is 14.4 Å². The highest BCUT2D eigenvalue weighted by atomic mass is 35.5. The number of Topliss-reactive ketones (excluding diaryl/α,β-unsaturated/α-hetero) is 1. The maximum absolute atomic E-state index is 13.2. The molecule has 2 bridgehead atoms. The van der Waals surface area contributed by atoms with Gasteiger partial charge < -0.3 is 19.3 Å². The lowest BCUT2D eigenvalue weighted by atomic mass is 9.98. The largest absolute Gasteiger partial charge is 0.489 e. The van der Waals surface area contributed by atoms with Crippen molar-refractivity contribution in [3.63, 3.8) is 0 Å². The Balaban J connectivity index is 1.26. The SMILES string of the molecule is CCC(=O)COc1ccc2c(c1)CCN(c1ccc(OC3C[C@H]4CC[C@@H](C3)N4C)c(Cl)c1)C2=O. The molecule has 2 aromatic rings. The summed E-state index contributed by atoms with van der Waals surface area (Å²) in [6.07, 6.45) is 5.89. The number of benzene rings is 2. The maximum atomic E-state index is 13.2. The quantitative estimate of drug-likeness (QED) is 0.561. The number of carbonyl (C=O) groups excluding carboxylic acids is 2. The predicted octanol–water partition coefficient (Wildman–Crippen LogP) is 4.90. The summed E-state index contributed by atoms with van der Waals surface area (Å²) >= 11 is 6.61. The molecular weight excluding hydrogens is 452 g/mol. The minimum Gasteiger partial charge on any atom is -0.489 e. The number of amides is 1. The molecule has 0 aliphatic carbocycles. The predicted molar refractivity (Wildman–Crippen MR) is 132 cm³/mol. The molecule has 3 aliphatic rings. The van der Waals surface area contributed by atoms with Gasteiger partial charge in [0.1, 0.15) is 24.2 Å². The fraction of sp³-hybridized carbons (Fsp3) is 0.481. The standard InChI is InChI=1S/C27H31ClN2O4/c1-3-21(31)16-33-22-7-8-24-17(12-22)10-11-30(27(24)32)20-6-9-26(25(28)15-20)34-23-13-18-4-5-19(14-23)29(18)2/h6-9,12,15,18-19,23H,3-5,10-11,13-14,16H2,1-2H3/t18-,19+,23?. The van der Waals surface area contributed by atoms with Crippen LogP contribution in [0, 0.1) is 0 Å². The maximum Gasteiger partial charge on any atom is 0.258 e. The third-order valence-corrected chi connectivity index (χ3v) is 7.82. The normalized spacial score (nSPS) is 24.1. The zero-order valence-corrected chi connectivity index (χ0v) is 20.5. The number of fused-ring (bicyclic) bond motifs is 3. The zero-order valence-electron chi connectivity index (χ0n) is 19.8. The molecule has 1 unspecified atom stereocenters. The Hall–Kier alpha value is -2.57. The van der Waals surface area contributed by atoms with Crippen molar-refractivity contribution in [2.75, 3.05) is 25.1 Å². The lowest BCUT2D eigenvalue weighted by molar-refractivity contribution is -0.120. The molecule has 6 nitrogen and oxygen atoms in total. The highest BCUT2D eigenvalue weighted by Gasteiger charge is 2.39. The van der Waals surface area contributed by atoms with Gasteiger partial charge >= 0.3 is 0 Å². The van der Waals surface area contributed by atoms with Crippen molar-refractivity contribution >= 4 is 29.0 Å². The van der Waals surface area contributed by atoms with Crippen molar-refractivity contribution in [2.24, 2.45) is 0 Å². The molecule has 0 aromatic heterocycles. The minimum atomic E-state index is -0.0611. The summed E-state index contributed by atoms with van der Waals surface area (Å²) in [6, 6.07) is 12.2. The van der Waals surface area contributed by atoms with Crippen LogP contribution in [-0.4, -0.2) is 55.0 Å². The first-order valence-electron chi connectivity index (χ1n) is 12.2. The first-order valence-corrected chi connectivity index (χ1v) is 12.6. The van der Waals surface area contributed by atoms with Crippen LogP contribution >= 0.6 is 11.6 Å². The highest BCUT2D eigenvalue weighted by Crippen LogP contribution is 2.38. The van der Waals surface area contributed by atoms with Gasteiger partial charge in [0.15, 0.2) is 5.78 Å². The second-order valence-electron chi connectivity index (χ2n) is 9.58. The van der Waals surface area contributed by atoms with Gasteiger partial charge in [-0.05, 0) is 81.1 Å². The van der Waals surface area contributed by atoms with E-state index < -0.39 is 0 Å². The number of hydrogen-bond donors (Lipinski definition) is 0. The molecule has 3 heterocycles. The van der Waals surface area contributed by atoms with Crippen LogP contribution in [0.5, 0.6) is 11.5 Å². The molecule has 0 N–H and O–H groups in total. The fourth-order valence-electron chi connectivity index (χ4n) is 5.46. The van der Waals surface area contributed by atoms with Gasteiger partial charge in [-0.2, -0.15) is 0 Å². The van der Waals surface area contributed by atoms with Crippen LogP contribution in [0.1, 0.15) is 54.9 Å². The summed E-state index contributed by atoms with van der Waals surface area (Å²) in [6.45, 7) is 2.42. The first kappa shape index (κ1) is 23.2. The molecule has 2 aromatic carbocycles. The van der Waals surface area contributed by atoms with E-state index in [0.29, 0.717) is 53.6 Å². The Morgan fingerprint density at radius 1 is 1.12 bits per heavy atom. The number of nitrogens with zero attached hydrogens (tertiary/aromatic N) is 2. The Morgan fingerprint density at radius 2 is 1.88 bits per heavy atom. The number of hydrogen-bond acceptors (Lipinski definition) is 5. The lowest BCUT2D eigenvalue weighted by Gasteiger charge is -2.36. The van der Waals surface area contributed by atoms with Crippen LogP contribution in [0.25, 0.3) is 0 Å². The van der Waals surface area contributed by atoms with Crippen molar-refractivity contribution in [1.29, 1.82) is 0 Å². The van der Waals surface area contributed by atoms with Crippen LogP contribution in [-0.2, 0) is 11.2 Å². The molecule has 0 spiro atoms. The number of rotatable bonds is 7. The van der Waals surface area contributed by atoms with Gasteiger partial charge in [0.05, 0.1) is 5.02 Å². The molecule has 34 heavy (non-hydrogen) atoms. The second kappa shape index (κ2) is 9.59. The van der Waals surface area contributed by atoms with E-state index >= 15 is 0 Å². The topological polar surface area (TPSA) is 59.1 Å². The summed E-state index contributed by atoms with van der Waals surface area (Å²) in [7, 11) is 2.22. The number of ketones is 1. The van der Waals surface area contributed by atoms with Gasteiger partial charge in [-0.15, -0.1) is 0 Å². The summed E-state index contributed by atoms with van der Waals surface area (Å²) in [5.41, 5.74) is 2.36. The van der Waals surface area contributed by atoms with Crippen LogP contribution in [0.15, 0.2) is 36.4 Å². The summed E-state index contributed by atoms with van der Waals surface area (Å²) in [5, 5.41) is 0.534. The van der Waals surface area contributed by atoms with Crippen molar-refractivity contribution in [2.45, 2.75) is 63.6 Å². The fourth-order valence-corrected chi connectivity index (χ4v) is 5.68. The lowest BCUT2D eigenvalue weighted by Crippen LogP contribution is -2.43. The molecular formula is C27H31ClN2O4. The molecule has 180 valence electrons. The van der Waals surface area contributed by atoms with Crippen molar-refractivity contribution in [3.8, 4) is 11.5 Å². The van der Waals surface area contributed by atoms with Crippen molar-refractivity contribution in [1.82, 2.24) is 4.90 Å². The molecule has 0 radical (unpaired) electrons. The van der Waals surface area contributed by atoms with Gasteiger partial charge in [-0.1, -0.05) is 18.5 Å². The summed E-state index contributed by atoms with van der Waals surface area (Å²) in [4.78, 5) is 29.0. The van der Waals surface area contributed by atoms with E-state index in [9.17, 15) is 9.59 Å². The van der Waals surface area contributed by atoms with Gasteiger partial charge in [0.2, 0.25) is 0 Å². The molecule has 3 atom stereocenters. The number of carbonyl (C=O) groups is 2. The molecule has 2 saturated heterocycles. The van der Waals surface area contributed by atoms with Crippen LogP contribution in [0.2, 0.25) is 5.02 Å². The average Bonchev–Trinajstić information content (AvgIpc) is 3.04. The Bertz CT molecular complexity index is 1090.